The van der Waals surface area contributed by atoms with E-state index >= 15 is 0 Å². The summed E-state index contributed by atoms with van der Waals surface area (Å²) in [4.78, 5) is 8.83. The van der Waals surface area contributed by atoms with Crippen LogP contribution in [-0.4, -0.2) is 62.4 Å². The van der Waals surface area contributed by atoms with Gasteiger partial charge in [0.15, 0.2) is 0 Å². The molecule has 0 unspecified atom stereocenters. The molecule has 0 amide bonds. The van der Waals surface area contributed by atoms with Crippen LogP contribution in [0.5, 0.6) is 5.88 Å². The van der Waals surface area contributed by atoms with E-state index in [0.717, 1.165) is 64.5 Å². The molecule has 0 radical (unpaired) electrons. The van der Waals surface area contributed by atoms with Gasteiger partial charge in [0.1, 0.15) is 17.4 Å². The molecule has 0 bridgehead atoms. The second-order valence-corrected chi connectivity index (χ2v) is 6.35. The molecule has 2 N–H and O–H groups in total. The fourth-order valence-corrected chi connectivity index (χ4v) is 3.10. The van der Waals surface area contributed by atoms with Gasteiger partial charge in [-0.2, -0.15) is 4.98 Å². The van der Waals surface area contributed by atoms with E-state index in [4.69, 9.17) is 26.8 Å². The van der Waals surface area contributed by atoms with Crippen LogP contribution < -0.4 is 15.4 Å². The van der Waals surface area contributed by atoms with Crippen LogP contribution in [0, 0.1) is 0 Å². The molecule has 1 aromatic heterocycles. The number of nitrogen functional groups attached to an aromatic ring is 1. The molecule has 0 saturated carbocycles. The normalized spacial score (nSPS) is 14.5. The van der Waals surface area contributed by atoms with Gasteiger partial charge < -0.3 is 20.1 Å². The molecule has 1 aliphatic heterocycles. The molecule has 1 aliphatic rings. The minimum atomic E-state index is 0.428. The van der Waals surface area contributed by atoms with Crippen LogP contribution >= 0.6 is 11.6 Å². The van der Waals surface area contributed by atoms with Gasteiger partial charge in [0.05, 0.1) is 18.9 Å². The minimum absolute atomic E-state index is 0.428. The van der Waals surface area contributed by atoms with E-state index in [2.05, 4.69) is 28.6 Å². The van der Waals surface area contributed by atoms with E-state index in [-0.39, 0.29) is 0 Å². The van der Waals surface area contributed by atoms with E-state index in [9.17, 15) is 0 Å². The van der Waals surface area contributed by atoms with Crippen molar-refractivity contribution in [3.05, 3.63) is 11.1 Å². The molecule has 0 aliphatic carbocycles. The second-order valence-electron chi connectivity index (χ2n) is 5.97. The molecule has 26 heavy (non-hydrogen) atoms. The van der Waals surface area contributed by atoms with Gasteiger partial charge in [-0.05, 0) is 12.8 Å². The zero-order valence-electron chi connectivity index (χ0n) is 16.8. The van der Waals surface area contributed by atoms with Gasteiger partial charge in [0, 0.05) is 38.8 Å². The summed E-state index contributed by atoms with van der Waals surface area (Å²) < 4.78 is 11.2. The number of nitrogens with zero attached hydrogens (tertiary/aromatic N) is 3. The fraction of sp³-hybridized carbons (Fsp3) is 0.737. The Morgan fingerprint density at radius 2 is 1.85 bits per heavy atom. The summed E-state index contributed by atoms with van der Waals surface area (Å²) >= 11 is 6.55. The van der Waals surface area contributed by atoms with Gasteiger partial charge in [-0.3, -0.25) is 4.90 Å². The first-order valence-corrected chi connectivity index (χ1v) is 10.2. The highest BCUT2D eigenvalue weighted by atomic mass is 35.5. The summed E-state index contributed by atoms with van der Waals surface area (Å²) in [6, 6.07) is 1.84. The van der Waals surface area contributed by atoms with Crippen LogP contribution in [0.3, 0.4) is 0 Å². The largest absolute Gasteiger partial charge is 0.475 e. The van der Waals surface area contributed by atoms with Gasteiger partial charge in [-0.25, -0.2) is 0 Å². The van der Waals surface area contributed by atoms with Gasteiger partial charge in [0.2, 0.25) is 5.88 Å². The maximum Gasteiger partial charge on any atom is 0.236 e. The number of pyridine rings is 1. The van der Waals surface area contributed by atoms with Crippen LogP contribution in [0.2, 0.25) is 5.02 Å². The topological polar surface area (TPSA) is 63.8 Å². The van der Waals surface area contributed by atoms with Crippen molar-refractivity contribution in [3.8, 4) is 5.88 Å². The van der Waals surface area contributed by atoms with Gasteiger partial charge in [-0.15, -0.1) is 0 Å². The number of rotatable bonds is 9. The van der Waals surface area contributed by atoms with Crippen LogP contribution in [0.15, 0.2) is 6.07 Å². The van der Waals surface area contributed by atoms with Crippen molar-refractivity contribution in [2.75, 3.05) is 63.2 Å². The fourth-order valence-electron chi connectivity index (χ4n) is 2.83. The number of halogens is 1. The number of ether oxygens (including phenoxy) is 2. The first kappa shape index (κ1) is 22.8. The predicted molar refractivity (Wildman–Crippen MR) is 111 cm³/mol. The lowest BCUT2D eigenvalue weighted by Crippen LogP contribution is -2.38. The molecular weight excluding hydrogens is 352 g/mol. The summed E-state index contributed by atoms with van der Waals surface area (Å²) in [6.45, 7) is 15.0. The smallest absolute Gasteiger partial charge is 0.236 e. The van der Waals surface area contributed by atoms with Crippen molar-refractivity contribution < 1.29 is 9.47 Å². The van der Waals surface area contributed by atoms with Gasteiger partial charge in [-0.1, -0.05) is 39.3 Å². The Kier molecular flexibility index (Phi) is 11.4. The molecule has 1 aromatic rings. The highest BCUT2D eigenvalue weighted by Gasteiger charge is 2.17. The first-order valence-electron chi connectivity index (χ1n) is 9.79. The lowest BCUT2D eigenvalue weighted by atomic mass is 10.2. The number of anilines is 2. The van der Waals surface area contributed by atoms with Crippen LogP contribution in [-0.2, 0) is 4.74 Å². The molecule has 7 heteroatoms. The SMILES string of the molecule is CC.CCCN(CCC)c1cc(N)nc(OCCN2CCOCC2)c1Cl. The molecule has 6 nitrogen and oxygen atoms in total. The first-order chi connectivity index (χ1) is 12.7. The van der Waals surface area contributed by atoms with Crippen molar-refractivity contribution in [2.24, 2.45) is 0 Å². The summed E-state index contributed by atoms with van der Waals surface area (Å²) in [5.74, 6) is 0.866. The van der Waals surface area contributed by atoms with Gasteiger partial charge in [0.25, 0.3) is 0 Å². The predicted octanol–water partition coefficient (Wildman–Crippen LogP) is 3.68. The van der Waals surface area contributed by atoms with E-state index in [1.807, 2.05) is 19.9 Å². The van der Waals surface area contributed by atoms with Crippen molar-refractivity contribution in [1.82, 2.24) is 9.88 Å². The van der Waals surface area contributed by atoms with Crippen molar-refractivity contribution >= 4 is 23.1 Å². The number of hydrogen-bond donors (Lipinski definition) is 1. The van der Waals surface area contributed by atoms with Crippen LogP contribution in [0.1, 0.15) is 40.5 Å². The molecule has 1 fully saturated rings. The summed E-state index contributed by atoms with van der Waals surface area (Å²) in [5, 5.41) is 0.549. The van der Waals surface area contributed by atoms with Crippen molar-refractivity contribution in [3.63, 3.8) is 0 Å². The zero-order valence-corrected chi connectivity index (χ0v) is 17.5. The molecule has 150 valence electrons. The third-order valence-electron chi connectivity index (χ3n) is 4.01. The van der Waals surface area contributed by atoms with Crippen LogP contribution in [0.25, 0.3) is 0 Å². The third-order valence-corrected chi connectivity index (χ3v) is 4.36. The number of nitrogens with two attached hydrogens (primary N) is 1. The van der Waals surface area contributed by atoms with Gasteiger partial charge >= 0.3 is 0 Å². The Bertz CT molecular complexity index is 505. The molecular formula is C19H35ClN4O2. The molecule has 0 atom stereocenters. The highest BCUT2D eigenvalue weighted by Crippen LogP contribution is 2.35. The average Bonchev–Trinajstić information content (AvgIpc) is 2.66. The highest BCUT2D eigenvalue weighted by molar-refractivity contribution is 6.34. The molecule has 2 rings (SSSR count). The minimum Gasteiger partial charge on any atom is -0.475 e. The lowest BCUT2D eigenvalue weighted by Gasteiger charge is -2.27. The second kappa shape index (κ2) is 13.0. The number of morpholine rings is 1. The van der Waals surface area contributed by atoms with E-state index in [1.165, 1.54) is 0 Å². The molecule has 0 spiro atoms. The quantitative estimate of drug-likeness (QED) is 0.698. The maximum atomic E-state index is 6.55. The number of hydrogen-bond acceptors (Lipinski definition) is 6. The van der Waals surface area contributed by atoms with Crippen molar-refractivity contribution in [1.29, 1.82) is 0 Å². The summed E-state index contributed by atoms with van der Waals surface area (Å²) in [5.41, 5.74) is 6.88. The van der Waals surface area contributed by atoms with E-state index < -0.39 is 0 Å². The number of aromatic nitrogens is 1. The zero-order chi connectivity index (χ0) is 19.4. The molecule has 0 aromatic carbocycles. The Labute approximate surface area is 163 Å². The Hall–Kier alpha value is -1.24. The van der Waals surface area contributed by atoms with Crippen molar-refractivity contribution in [2.45, 2.75) is 40.5 Å². The average molecular weight is 387 g/mol. The van der Waals surface area contributed by atoms with E-state index in [1.54, 1.807) is 0 Å². The Morgan fingerprint density at radius 3 is 2.42 bits per heavy atom. The standard InChI is InChI=1S/C17H29ClN4O2.C2H6/c1-3-5-22(6-4-2)14-13-15(19)20-17(16(14)18)24-12-9-21-7-10-23-11-8-21;1-2/h13H,3-12H2,1-2H3,(H2,19,20);1-2H3. The monoisotopic (exact) mass is 386 g/mol. The van der Waals surface area contributed by atoms with Crippen LogP contribution in [0.4, 0.5) is 11.5 Å². The Balaban J connectivity index is 0.00000163. The molecule has 1 saturated heterocycles. The third kappa shape index (κ3) is 7.17. The lowest BCUT2D eigenvalue weighted by molar-refractivity contribution is 0.0320. The summed E-state index contributed by atoms with van der Waals surface area (Å²) in [7, 11) is 0. The molecule has 2 heterocycles. The Morgan fingerprint density at radius 1 is 1.23 bits per heavy atom. The maximum absolute atomic E-state index is 6.55. The summed E-state index contributed by atoms with van der Waals surface area (Å²) in [6.07, 6.45) is 2.09. The van der Waals surface area contributed by atoms with E-state index in [0.29, 0.717) is 23.3 Å².